The summed E-state index contributed by atoms with van der Waals surface area (Å²) in [6.45, 7) is 0.408. The number of halogens is 2. The van der Waals surface area contributed by atoms with E-state index in [1.807, 2.05) is 24.3 Å². The van der Waals surface area contributed by atoms with Crippen molar-refractivity contribution in [2.75, 3.05) is 5.73 Å². The molecule has 0 saturated heterocycles. The molecule has 0 fully saturated rings. The summed E-state index contributed by atoms with van der Waals surface area (Å²) in [6, 6.07) is 12.8. The molecule has 0 radical (unpaired) electrons. The molecule has 2 aromatic carbocycles. The zero-order valence-electron chi connectivity index (χ0n) is 8.99. The van der Waals surface area contributed by atoms with Gasteiger partial charge in [0.05, 0.1) is 5.02 Å². The Balaban J connectivity index is 2.10. The van der Waals surface area contributed by atoms with Gasteiger partial charge < -0.3 is 10.5 Å². The van der Waals surface area contributed by atoms with Crippen molar-refractivity contribution in [2.45, 2.75) is 6.61 Å². The van der Waals surface area contributed by atoms with E-state index in [-0.39, 0.29) is 0 Å². The monoisotopic (exact) mass is 267 g/mol. The highest BCUT2D eigenvalue weighted by Gasteiger charge is 2.05. The SMILES string of the molecule is Nc1cccc(COc2cccc(Cl)c2Cl)c1. The predicted octanol–water partition coefficient (Wildman–Crippen LogP) is 4.15. The molecule has 0 atom stereocenters. The Morgan fingerprint density at radius 3 is 2.59 bits per heavy atom. The van der Waals surface area contributed by atoms with Gasteiger partial charge in [-0.15, -0.1) is 0 Å². The van der Waals surface area contributed by atoms with Gasteiger partial charge >= 0.3 is 0 Å². The Hall–Kier alpha value is -1.38. The molecular weight excluding hydrogens is 257 g/mol. The van der Waals surface area contributed by atoms with E-state index in [1.54, 1.807) is 18.2 Å². The summed E-state index contributed by atoms with van der Waals surface area (Å²) in [5.74, 6) is 0.571. The van der Waals surface area contributed by atoms with Crippen LogP contribution in [0.1, 0.15) is 5.56 Å². The Morgan fingerprint density at radius 2 is 1.82 bits per heavy atom. The Labute approximate surface area is 110 Å². The van der Waals surface area contributed by atoms with Crippen molar-refractivity contribution in [2.24, 2.45) is 0 Å². The van der Waals surface area contributed by atoms with Crippen molar-refractivity contribution in [1.82, 2.24) is 0 Å². The minimum Gasteiger partial charge on any atom is -0.487 e. The average molecular weight is 268 g/mol. The van der Waals surface area contributed by atoms with E-state index in [2.05, 4.69) is 0 Å². The molecule has 2 nitrogen and oxygen atoms in total. The number of anilines is 1. The number of ether oxygens (including phenoxy) is 1. The first-order valence-electron chi connectivity index (χ1n) is 5.08. The van der Waals surface area contributed by atoms with Crippen LogP contribution in [0.2, 0.25) is 10.0 Å². The molecule has 0 amide bonds. The number of hydrogen-bond donors (Lipinski definition) is 1. The molecule has 0 aliphatic carbocycles. The summed E-state index contributed by atoms with van der Waals surface area (Å²) in [5, 5.41) is 0.912. The normalized spacial score (nSPS) is 10.2. The minimum atomic E-state index is 0.408. The van der Waals surface area contributed by atoms with Crippen molar-refractivity contribution in [1.29, 1.82) is 0 Å². The molecule has 0 unspecified atom stereocenters. The first-order chi connectivity index (χ1) is 8.16. The molecule has 0 heterocycles. The maximum absolute atomic E-state index is 6.01. The summed E-state index contributed by atoms with van der Waals surface area (Å²) >= 11 is 11.9. The standard InChI is InChI=1S/C13H11Cl2NO/c14-11-5-2-6-12(13(11)15)17-8-9-3-1-4-10(16)7-9/h1-7H,8,16H2. The molecule has 0 spiro atoms. The lowest BCUT2D eigenvalue weighted by molar-refractivity contribution is 0.306. The molecule has 0 aliphatic heterocycles. The largest absolute Gasteiger partial charge is 0.487 e. The molecule has 0 aliphatic rings. The van der Waals surface area contributed by atoms with E-state index in [4.69, 9.17) is 33.7 Å². The number of nitrogens with two attached hydrogens (primary N) is 1. The molecule has 2 N–H and O–H groups in total. The fourth-order valence-corrected chi connectivity index (χ4v) is 1.79. The van der Waals surface area contributed by atoms with E-state index in [1.165, 1.54) is 0 Å². The summed E-state index contributed by atoms with van der Waals surface area (Å²) < 4.78 is 5.59. The van der Waals surface area contributed by atoms with Crippen molar-refractivity contribution >= 4 is 28.9 Å². The lowest BCUT2D eigenvalue weighted by Gasteiger charge is -2.09. The Bertz CT molecular complexity index is 529. The number of nitrogen functional groups attached to an aromatic ring is 1. The number of rotatable bonds is 3. The fraction of sp³-hybridized carbons (Fsp3) is 0.0769. The summed E-state index contributed by atoms with van der Waals surface area (Å²) in [4.78, 5) is 0. The molecule has 2 aromatic rings. The van der Waals surface area contributed by atoms with Gasteiger partial charge in [-0.1, -0.05) is 41.4 Å². The van der Waals surface area contributed by atoms with E-state index in [0.29, 0.717) is 28.1 Å². The van der Waals surface area contributed by atoms with Gasteiger partial charge in [-0.25, -0.2) is 0 Å². The van der Waals surface area contributed by atoms with E-state index >= 15 is 0 Å². The fourth-order valence-electron chi connectivity index (χ4n) is 1.44. The van der Waals surface area contributed by atoms with Gasteiger partial charge in [-0.05, 0) is 29.8 Å². The predicted molar refractivity (Wildman–Crippen MR) is 71.6 cm³/mol. The van der Waals surface area contributed by atoms with Crippen molar-refractivity contribution < 1.29 is 4.74 Å². The van der Waals surface area contributed by atoms with E-state index in [9.17, 15) is 0 Å². The van der Waals surface area contributed by atoms with Crippen molar-refractivity contribution in [3.63, 3.8) is 0 Å². The third-order valence-electron chi connectivity index (χ3n) is 2.26. The summed E-state index contributed by atoms with van der Waals surface area (Å²) in [7, 11) is 0. The topological polar surface area (TPSA) is 35.2 Å². The second-order valence-corrected chi connectivity index (χ2v) is 4.37. The van der Waals surface area contributed by atoms with Crippen LogP contribution in [0.3, 0.4) is 0 Å². The Kier molecular flexibility index (Phi) is 3.77. The number of hydrogen-bond acceptors (Lipinski definition) is 2. The highest BCUT2D eigenvalue weighted by molar-refractivity contribution is 6.42. The first kappa shape index (κ1) is 12.1. The lowest BCUT2D eigenvalue weighted by atomic mass is 10.2. The smallest absolute Gasteiger partial charge is 0.139 e. The average Bonchev–Trinajstić information content (AvgIpc) is 2.31. The zero-order chi connectivity index (χ0) is 12.3. The lowest BCUT2D eigenvalue weighted by Crippen LogP contribution is -1.97. The van der Waals surface area contributed by atoms with Gasteiger partial charge in [0.15, 0.2) is 0 Å². The number of benzene rings is 2. The van der Waals surface area contributed by atoms with Crippen LogP contribution >= 0.6 is 23.2 Å². The highest BCUT2D eigenvalue weighted by Crippen LogP contribution is 2.31. The molecular formula is C13H11Cl2NO. The third-order valence-corrected chi connectivity index (χ3v) is 3.06. The zero-order valence-corrected chi connectivity index (χ0v) is 10.5. The van der Waals surface area contributed by atoms with Gasteiger partial charge in [0.25, 0.3) is 0 Å². The van der Waals surface area contributed by atoms with Gasteiger partial charge in [-0.2, -0.15) is 0 Å². The first-order valence-corrected chi connectivity index (χ1v) is 5.83. The van der Waals surface area contributed by atoms with Gasteiger partial charge in [0.2, 0.25) is 0 Å². The van der Waals surface area contributed by atoms with Crippen LogP contribution in [-0.2, 0) is 6.61 Å². The maximum atomic E-state index is 6.01. The quantitative estimate of drug-likeness (QED) is 0.848. The van der Waals surface area contributed by atoms with Crippen LogP contribution < -0.4 is 10.5 Å². The van der Waals surface area contributed by atoms with Crippen LogP contribution in [-0.4, -0.2) is 0 Å². The molecule has 0 saturated carbocycles. The summed E-state index contributed by atoms with van der Waals surface area (Å²) in [5.41, 5.74) is 7.38. The van der Waals surface area contributed by atoms with E-state index in [0.717, 1.165) is 5.56 Å². The third kappa shape index (κ3) is 3.05. The van der Waals surface area contributed by atoms with Crippen LogP contribution in [0, 0.1) is 0 Å². The molecule has 88 valence electrons. The molecule has 17 heavy (non-hydrogen) atoms. The summed E-state index contributed by atoms with van der Waals surface area (Å²) in [6.07, 6.45) is 0. The second kappa shape index (κ2) is 5.30. The van der Waals surface area contributed by atoms with Gasteiger partial charge in [0.1, 0.15) is 17.4 Å². The van der Waals surface area contributed by atoms with Crippen LogP contribution in [0.25, 0.3) is 0 Å². The second-order valence-electron chi connectivity index (χ2n) is 3.59. The molecule has 2 rings (SSSR count). The van der Waals surface area contributed by atoms with Crippen LogP contribution in [0.15, 0.2) is 42.5 Å². The van der Waals surface area contributed by atoms with Crippen LogP contribution in [0.5, 0.6) is 5.75 Å². The van der Waals surface area contributed by atoms with Gasteiger partial charge in [-0.3, -0.25) is 0 Å². The van der Waals surface area contributed by atoms with Crippen LogP contribution in [0.4, 0.5) is 5.69 Å². The van der Waals surface area contributed by atoms with Gasteiger partial charge in [0, 0.05) is 5.69 Å². The van der Waals surface area contributed by atoms with Crippen molar-refractivity contribution in [3.05, 3.63) is 58.1 Å². The Morgan fingerprint density at radius 1 is 1.06 bits per heavy atom. The molecule has 0 aromatic heterocycles. The minimum absolute atomic E-state index is 0.408. The molecule has 0 bridgehead atoms. The highest BCUT2D eigenvalue weighted by atomic mass is 35.5. The van der Waals surface area contributed by atoms with Crippen molar-refractivity contribution in [3.8, 4) is 5.75 Å². The molecule has 4 heteroatoms. The van der Waals surface area contributed by atoms with E-state index < -0.39 is 0 Å². The maximum Gasteiger partial charge on any atom is 0.139 e.